The molecule has 3 aromatic carbocycles. The van der Waals surface area contributed by atoms with Gasteiger partial charge in [0, 0.05) is 94.2 Å². The smallest absolute Gasteiger partial charge is 0.293 e. The third kappa shape index (κ3) is 10.9. The number of aromatic amines is 1. The summed E-state index contributed by atoms with van der Waals surface area (Å²) in [5.41, 5.74) is 6.20. The van der Waals surface area contributed by atoms with Crippen molar-refractivity contribution in [1.82, 2.24) is 29.2 Å². The van der Waals surface area contributed by atoms with E-state index in [1.165, 1.54) is 67.0 Å². The molecule has 6 heterocycles. The number of hydroxylamine groups is 2. The number of piperidine rings is 1. The molecular weight excluding hydrogens is 1010 g/mol. The number of aliphatic hydroxyl groups is 1. The number of methoxy groups -OCH3 is 1. The van der Waals surface area contributed by atoms with E-state index in [1.54, 1.807) is 12.1 Å². The molecule has 3 saturated heterocycles. The van der Waals surface area contributed by atoms with Gasteiger partial charge in [-0.25, -0.2) is 13.6 Å². The van der Waals surface area contributed by atoms with Gasteiger partial charge in [-0.05, 0) is 123 Å². The molecule has 2 aliphatic carbocycles. The van der Waals surface area contributed by atoms with E-state index in [2.05, 4.69) is 104 Å². The van der Waals surface area contributed by atoms with Crippen LogP contribution in [0.15, 0.2) is 96.2 Å². The second-order valence-corrected chi connectivity index (χ2v) is 25.0. The molecule has 6 aromatic rings. The summed E-state index contributed by atoms with van der Waals surface area (Å²) in [4.78, 5) is 33.8. The molecule has 5 atom stereocenters. The summed E-state index contributed by atoms with van der Waals surface area (Å²) in [7, 11) is 0.247. The van der Waals surface area contributed by atoms with Gasteiger partial charge in [0.2, 0.25) is 0 Å². The lowest BCUT2D eigenvalue weighted by atomic mass is 9.59. The summed E-state index contributed by atoms with van der Waals surface area (Å²) < 4.78 is 41.2. The van der Waals surface area contributed by atoms with Crippen LogP contribution in [0.1, 0.15) is 117 Å². The fourth-order valence-corrected chi connectivity index (χ4v) is 14.2. The fourth-order valence-electron chi connectivity index (χ4n) is 13.4. The number of carbonyl (C=O) groups is 1. The monoisotopic (exact) mass is 1080 g/mol. The predicted molar refractivity (Wildman–Crippen MR) is 299 cm³/mol. The van der Waals surface area contributed by atoms with Crippen LogP contribution >= 0.6 is 0 Å². The lowest BCUT2D eigenvalue weighted by Gasteiger charge is -2.56. The maximum absolute atomic E-state index is 15.0. The van der Waals surface area contributed by atoms with Crippen molar-refractivity contribution in [3.8, 4) is 17.4 Å². The van der Waals surface area contributed by atoms with Crippen LogP contribution in [0.4, 0.5) is 21.6 Å². The van der Waals surface area contributed by atoms with Crippen molar-refractivity contribution < 1.29 is 38.2 Å². The van der Waals surface area contributed by atoms with Crippen molar-refractivity contribution in [2.45, 2.75) is 114 Å². The minimum Gasteiger partial charge on any atom is -0.629 e. The number of anilines is 2. The average molecular weight is 1080 g/mol. The Labute approximate surface area is 459 Å². The van der Waals surface area contributed by atoms with Gasteiger partial charge in [-0.3, -0.25) is 19.8 Å². The molecule has 2 saturated carbocycles. The first-order valence-corrected chi connectivity index (χ1v) is 28.9. The number of amides is 1. The molecule has 5 unspecified atom stereocenters. The van der Waals surface area contributed by atoms with Gasteiger partial charge < -0.3 is 40.1 Å². The van der Waals surface area contributed by atoms with Gasteiger partial charge in [-0.15, -0.1) is 4.47 Å². The number of rotatable bonds is 16. The summed E-state index contributed by atoms with van der Waals surface area (Å²) in [6, 6.07) is 26.9. The molecule has 0 bridgehead atoms. The van der Waals surface area contributed by atoms with Crippen LogP contribution in [0.2, 0.25) is 0 Å². The zero-order valence-corrected chi connectivity index (χ0v) is 46.5. The van der Waals surface area contributed by atoms with Gasteiger partial charge in [0.1, 0.15) is 17.2 Å². The topological polar surface area (TPSA) is 187 Å². The summed E-state index contributed by atoms with van der Waals surface area (Å²) >= 11 is 0. The Bertz CT molecular complexity index is 3160. The zero-order chi connectivity index (χ0) is 54.6. The molecule has 18 heteroatoms. The van der Waals surface area contributed by atoms with Crippen LogP contribution < -0.4 is 24.8 Å². The van der Waals surface area contributed by atoms with Crippen LogP contribution in [0.25, 0.3) is 11.0 Å². The van der Waals surface area contributed by atoms with E-state index in [4.69, 9.17) is 9.47 Å². The number of H-pyrrole nitrogens is 1. The number of quaternary nitrogens is 1. The number of halogens is 1. The van der Waals surface area contributed by atoms with Gasteiger partial charge >= 0.3 is 0 Å². The van der Waals surface area contributed by atoms with E-state index < -0.39 is 28.3 Å². The van der Waals surface area contributed by atoms with E-state index >= 15 is 0 Å². The lowest BCUT2D eigenvalue weighted by molar-refractivity contribution is -0.751. The predicted octanol–water partition coefficient (Wildman–Crippen LogP) is 9.44. The quantitative estimate of drug-likeness (QED) is 0.0456. The number of pyridine rings is 2. The van der Waals surface area contributed by atoms with Crippen LogP contribution in [-0.4, -0.2) is 115 Å². The number of aryl methyl sites for hydroxylation is 1. The van der Waals surface area contributed by atoms with E-state index in [0.29, 0.717) is 55.0 Å². The summed E-state index contributed by atoms with van der Waals surface area (Å²) in [6.45, 7) is 15.0. The number of fused-ring (bicyclic) bond motifs is 2. The standard InChI is InChI=1S/C60H74FN9O7S/c1-37(2)45-9-7-8-10-46(45)54-49-36-67(33-40-13-11-38(3)12-14-40)34-41(49)35-69(54)43-28-60(29-43)21-23-68(24-22-60)42-15-16-47(52(25-42)77-53-27-48-50(61)32-64-55(48)65-57(53)76-6)58(71)70(74)78(75)44-26-51(66(5)73)56(63-31-44)62-30-39-17-19-59(4,72)20-18-39/h7-16,25-27,31-32,37,39,41,43,49,54,66,72,74H,17-24,28-30,33-36H2,1-6H3,(H,62,63)(H,64,65). The number of aromatic nitrogens is 3. The van der Waals surface area contributed by atoms with Crippen molar-refractivity contribution in [2.75, 3.05) is 63.6 Å². The van der Waals surface area contributed by atoms with Gasteiger partial charge in [-0.2, -0.15) is 4.98 Å². The number of ether oxygens (including phenoxy) is 2. The Kier molecular flexibility index (Phi) is 15.2. The van der Waals surface area contributed by atoms with Gasteiger partial charge in [-0.1, -0.05) is 67.9 Å². The fraction of sp³-hybridized carbons (Fsp3) is 0.483. The maximum Gasteiger partial charge on any atom is 0.293 e. The Hall–Kier alpha value is -5.99. The second kappa shape index (κ2) is 21.9. The molecule has 1 amide bonds. The van der Waals surface area contributed by atoms with E-state index in [0.717, 1.165) is 83.5 Å². The van der Waals surface area contributed by atoms with Gasteiger partial charge in [0.05, 0.1) is 35.6 Å². The molecule has 16 nitrogen and oxygen atoms in total. The Morgan fingerprint density at radius 1 is 1.01 bits per heavy atom. The Balaban J connectivity index is 0.804. The molecule has 1 spiro atoms. The third-order valence-corrected chi connectivity index (χ3v) is 19.0. The van der Waals surface area contributed by atoms with E-state index in [-0.39, 0.29) is 65.4 Å². The highest BCUT2D eigenvalue weighted by Gasteiger charge is 2.55. The number of carbonyl (C=O) groups excluding carboxylic acids is 1. The maximum atomic E-state index is 15.0. The van der Waals surface area contributed by atoms with Crippen molar-refractivity contribution in [3.05, 3.63) is 130 Å². The van der Waals surface area contributed by atoms with Gasteiger partial charge in [0.25, 0.3) is 11.8 Å². The first-order valence-electron chi connectivity index (χ1n) is 27.8. The molecule has 5 fully saturated rings. The molecule has 5 N–H and O–H groups in total. The Morgan fingerprint density at radius 3 is 2.47 bits per heavy atom. The SMILES string of the molecule is COc1nc2[nH]cc(F)c2cc1Oc1cc(N2CCC3(CC2)CC(N2CC4CN(Cc5ccc(C)cc5)CC4C2c2ccccc2C(C)C)C3)ccc1C(=O)N(O)S(=O)c1cnc(NCC2CCC(C)(O)CC2)c([NH+](C)[O-])c1. The minimum absolute atomic E-state index is 0.00370. The molecule has 78 heavy (non-hydrogen) atoms. The van der Waals surface area contributed by atoms with E-state index in [1.807, 2.05) is 6.92 Å². The molecule has 3 aliphatic heterocycles. The van der Waals surface area contributed by atoms with Crippen molar-refractivity contribution >= 4 is 45.1 Å². The summed E-state index contributed by atoms with van der Waals surface area (Å²) in [5.74, 6) is 0.641. The first kappa shape index (κ1) is 54.0. The molecule has 0 radical (unpaired) electrons. The average Bonchev–Trinajstić information content (AvgIpc) is 4.28. The number of hydrogen-bond acceptors (Lipinski definition) is 13. The molecule has 3 aromatic heterocycles. The Morgan fingerprint density at radius 2 is 1.76 bits per heavy atom. The number of hydrogen-bond donors (Lipinski definition) is 5. The molecule has 11 rings (SSSR count). The van der Waals surface area contributed by atoms with Crippen molar-refractivity contribution in [3.63, 3.8) is 0 Å². The zero-order valence-electron chi connectivity index (χ0n) is 45.6. The van der Waals surface area contributed by atoms with Crippen LogP contribution in [0, 0.1) is 41.1 Å². The highest BCUT2D eigenvalue weighted by atomic mass is 32.2. The summed E-state index contributed by atoms with van der Waals surface area (Å²) in [6.07, 6.45) is 9.73. The normalized spacial score (nSPS) is 24.3. The third-order valence-electron chi connectivity index (χ3n) is 17.9. The number of nitrogens with one attached hydrogen (secondary N) is 3. The number of likely N-dealkylation sites (tertiary alicyclic amines) is 2. The molecule has 5 aliphatic rings. The number of nitrogens with zero attached hydrogens (tertiary/aromatic N) is 6. The van der Waals surface area contributed by atoms with Crippen LogP contribution in [0.3, 0.4) is 0 Å². The lowest BCUT2D eigenvalue weighted by Crippen LogP contribution is -2.98. The highest BCUT2D eigenvalue weighted by molar-refractivity contribution is 7.83. The van der Waals surface area contributed by atoms with Crippen LogP contribution in [-0.2, 0) is 17.5 Å². The highest BCUT2D eigenvalue weighted by Crippen LogP contribution is 2.57. The van der Waals surface area contributed by atoms with Crippen LogP contribution in [0.5, 0.6) is 17.4 Å². The largest absolute Gasteiger partial charge is 0.629 e. The first-order chi connectivity index (χ1) is 37.4. The minimum atomic E-state index is -2.53. The van der Waals surface area contributed by atoms with Gasteiger partial charge in [0.15, 0.2) is 28.2 Å². The van der Waals surface area contributed by atoms with Crippen molar-refractivity contribution in [2.24, 2.45) is 23.2 Å². The molecular formula is C60H74FN9O7S. The van der Waals surface area contributed by atoms with Crippen molar-refractivity contribution in [1.29, 1.82) is 0 Å². The number of benzene rings is 3. The van der Waals surface area contributed by atoms with E-state index in [9.17, 15) is 28.9 Å². The summed E-state index contributed by atoms with van der Waals surface area (Å²) in [5, 5.41) is 37.8. The second-order valence-electron chi connectivity index (χ2n) is 23.7. The molecule has 414 valence electrons.